The maximum atomic E-state index is 9.50. The van der Waals surface area contributed by atoms with Crippen molar-refractivity contribution in [2.45, 2.75) is 83.4 Å². The molecule has 0 unspecified atom stereocenters. The molecule has 0 amide bonds. The van der Waals surface area contributed by atoms with Gasteiger partial charge in [-0.1, -0.05) is 83.0 Å². The predicted octanol–water partition coefficient (Wildman–Crippen LogP) is 9.67. The third-order valence-corrected chi connectivity index (χ3v) is 9.51. The maximum absolute atomic E-state index is 9.50. The van der Waals surface area contributed by atoms with Gasteiger partial charge in [-0.2, -0.15) is 0 Å². The van der Waals surface area contributed by atoms with Crippen LogP contribution in [0, 0.1) is 6.92 Å². The molecule has 2 aliphatic rings. The highest BCUT2D eigenvalue weighted by Crippen LogP contribution is 2.56. The summed E-state index contributed by atoms with van der Waals surface area (Å²) in [6.45, 7) is 11.8. The van der Waals surface area contributed by atoms with Crippen molar-refractivity contribution in [2.75, 3.05) is 0 Å². The molecule has 1 fully saturated rings. The van der Waals surface area contributed by atoms with Crippen LogP contribution in [0.2, 0.25) is 0 Å². The second-order valence-electron chi connectivity index (χ2n) is 13.3. The van der Waals surface area contributed by atoms with Gasteiger partial charge in [0.05, 0.1) is 5.56 Å². The maximum Gasteiger partial charge on any atom is 0.216 e. The predicted molar refractivity (Wildman–Crippen MR) is 162 cm³/mol. The lowest BCUT2D eigenvalue weighted by molar-refractivity contribution is -0.660. The fraction of sp³-hybridized carbons (Fsp3) is 0.378. The minimum absolute atomic E-state index is 0.00681. The second kappa shape index (κ2) is 8.55. The number of hydrogen-bond acceptors (Lipinski definition) is 1. The number of pyridine rings is 1. The Morgan fingerprint density at radius 1 is 0.795 bits per heavy atom. The Labute approximate surface area is 234 Å². The molecule has 198 valence electrons. The van der Waals surface area contributed by atoms with Crippen LogP contribution in [-0.2, 0) is 17.9 Å². The van der Waals surface area contributed by atoms with Gasteiger partial charge in [-0.25, -0.2) is 4.57 Å². The number of para-hydroxylation sites is 1. The van der Waals surface area contributed by atoms with Crippen LogP contribution in [0.15, 0.2) is 71.3 Å². The van der Waals surface area contributed by atoms with Crippen molar-refractivity contribution in [3.05, 3.63) is 89.1 Å². The van der Waals surface area contributed by atoms with E-state index in [0.717, 1.165) is 70.9 Å². The third-order valence-electron chi connectivity index (χ3n) is 9.51. The summed E-state index contributed by atoms with van der Waals surface area (Å²) in [5.74, 6) is -0.469. The molecule has 2 aliphatic carbocycles. The number of aryl methyl sites for hydroxylation is 2. The minimum atomic E-state index is -0.469. The second-order valence-corrected chi connectivity index (χ2v) is 13.3. The molecule has 0 N–H and O–H groups in total. The van der Waals surface area contributed by atoms with E-state index in [2.05, 4.69) is 113 Å². The van der Waals surface area contributed by atoms with E-state index in [1.165, 1.54) is 27.8 Å². The van der Waals surface area contributed by atoms with E-state index in [4.69, 9.17) is 4.42 Å². The Kier molecular flexibility index (Phi) is 5.15. The molecule has 0 atom stereocenters. The van der Waals surface area contributed by atoms with Crippen LogP contribution in [-0.4, -0.2) is 0 Å². The molecule has 2 nitrogen and oxygen atoms in total. The van der Waals surface area contributed by atoms with Crippen molar-refractivity contribution in [3.8, 4) is 22.4 Å². The van der Waals surface area contributed by atoms with Crippen LogP contribution in [0.25, 0.3) is 44.3 Å². The van der Waals surface area contributed by atoms with Gasteiger partial charge in [0.15, 0.2) is 6.20 Å². The molecule has 5 aromatic rings. The standard InChI is InChI=1S/C37H40NO/c1-23-17-18-29-28-15-11-14-27(34(28)39-35(29)31(23)30-16-9-10-21-38(30)6)26-20-19-25(24-12-7-8-13-24)32-33(26)37(4,5)22-36(32,2)3/h9-11,14-21,24H,7-8,12-13,22H2,1-6H3/q+1/i24D. The van der Waals surface area contributed by atoms with Gasteiger partial charge in [0.2, 0.25) is 5.69 Å². The van der Waals surface area contributed by atoms with Crippen molar-refractivity contribution in [2.24, 2.45) is 7.05 Å². The van der Waals surface area contributed by atoms with Crippen molar-refractivity contribution >= 4 is 21.9 Å². The number of rotatable bonds is 3. The summed E-state index contributed by atoms with van der Waals surface area (Å²) < 4.78 is 18.6. The summed E-state index contributed by atoms with van der Waals surface area (Å²) in [7, 11) is 2.10. The molecule has 0 radical (unpaired) electrons. The van der Waals surface area contributed by atoms with E-state index in [0.29, 0.717) is 0 Å². The first-order valence-electron chi connectivity index (χ1n) is 15.1. The largest absolute Gasteiger partial charge is 0.454 e. The minimum Gasteiger partial charge on any atom is -0.454 e. The van der Waals surface area contributed by atoms with Crippen LogP contribution in [0.3, 0.4) is 0 Å². The van der Waals surface area contributed by atoms with Crippen molar-refractivity contribution in [3.63, 3.8) is 0 Å². The summed E-state index contributed by atoms with van der Waals surface area (Å²) in [5, 5.41) is 2.32. The highest BCUT2D eigenvalue weighted by molar-refractivity contribution is 6.13. The van der Waals surface area contributed by atoms with Crippen LogP contribution in [0.5, 0.6) is 0 Å². The quantitative estimate of drug-likeness (QED) is 0.219. The Bertz CT molecular complexity index is 1820. The van der Waals surface area contributed by atoms with Gasteiger partial charge in [0.1, 0.15) is 18.2 Å². The van der Waals surface area contributed by atoms with Gasteiger partial charge in [-0.05, 0) is 76.8 Å². The SMILES string of the molecule is [2H]C1(c2ccc(-c3cccc4c3oc3c(-c5cccc[n+]5C)c(C)ccc34)c3c2C(C)(C)CC3(C)C)CCCC1. The summed E-state index contributed by atoms with van der Waals surface area (Å²) in [5.41, 5.74) is 12.0. The van der Waals surface area contributed by atoms with Crippen LogP contribution in [0.1, 0.15) is 89.3 Å². The van der Waals surface area contributed by atoms with Gasteiger partial charge in [-0.15, -0.1) is 0 Å². The molecule has 2 aromatic heterocycles. The molecule has 0 spiro atoms. The third kappa shape index (κ3) is 3.64. The fourth-order valence-electron chi connectivity index (χ4n) is 8.15. The first kappa shape index (κ1) is 23.5. The highest BCUT2D eigenvalue weighted by Gasteiger charge is 2.46. The number of furan rings is 1. The summed E-state index contributed by atoms with van der Waals surface area (Å²) in [6, 6.07) is 22.0. The first-order valence-corrected chi connectivity index (χ1v) is 14.6. The average Bonchev–Trinajstić information content (AvgIpc) is 3.57. The number of fused-ring (bicyclic) bond motifs is 4. The summed E-state index contributed by atoms with van der Waals surface area (Å²) in [4.78, 5) is 0. The Morgan fingerprint density at radius 3 is 2.31 bits per heavy atom. The van der Waals surface area contributed by atoms with Crippen LogP contribution in [0.4, 0.5) is 0 Å². The van der Waals surface area contributed by atoms with E-state index in [9.17, 15) is 1.37 Å². The number of benzene rings is 3. The van der Waals surface area contributed by atoms with E-state index >= 15 is 0 Å². The van der Waals surface area contributed by atoms with Crippen molar-refractivity contribution < 1.29 is 10.4 Å². The van der Waals surface area contributed by atoms with Gasteiger partial charge >= 0.3 is 0 Å². The normalized spacial score (nSPS) is 19.5. The number of hydrogen-bond donors (Lipinski definition) is 0. The van der Waals surface area contributed by atoms with Gasteiger partial charge in [0, 0.05) is 29.8 Å². The van der Waals surface area contributed by atoms with Gasteiger partial charge in [0.25, 0.3) is 0 Å². The van der Waals surface area contributed by atoms with E-state index in [1.807, 2.05) is 0 Å². The molecule has 0 aliphatic heterocycles. The zero-order valence-electron chi connectivity index (χ0n) is 25.2. The van der Waals surface area contributed by atoms with Gasteiger partial charge < -0.3 is 4.42 Å². The smallest absolute Gasteiger partial charge is 0.216 e. The van der Waals surface area contributed by atoms with Gasteiger partial charge in [-0.3, -0.25) is 0 Å². The van der Waals surface area contributed by atoms with Crippen molar-refractivity contribution in [1.82, 2.24) is 0 Å². The number of nitrogens with zero attached hydrogens (tertiary/aromatic N) is 1. The zero-order valence-corrected chi connectivity index (χ0v) is 24.2. The molecule has 0 saturated heterocycles. The molecular weight excluding hydrogens is 474 g/mol. The van der Waals surface area contributed by atoms with E-state index < -0.39 is 5.89 Å². The van der Waals surface area contributed by atoms with Crippen LogP contribution >= 0.6 is 0 Å². The Balaban J connectivity index is 1.54. The van der Waals surface area contributed by atoms with Crippen LogP contribution < -0.4 is 4.57 Å². The first-order chi connectivity index (χ1) is 19.0. The topological polar surface area (TPSA) is 17.0 Å². The summed E-state index contributed by atoms with van der Waals surface area (Å²) >= 11 is 0. The lowest BCUT2D eigenvalue weighted by Crippen LogP contribution is -2.30. The van der Waals surface area contributed by atoms with E-state index in [-0.39, 0.29) is 10.8 Å². The zero-order chi connectivity index (χ0) is 28.0. The molecule has 0 bridgehead atoms. The molecule has 1 saturated carbocycles. The molecule has 2 heteroatoms. The lowest BCUT2D eigenvalue weighted by Gasteiger charge is -2.26. The Morgan fingerprint density at radius 2 is 1.54 bits per heavy atom. The summed E-state index contributed by atoms with van der Waals surface area (Å²) in [6.07, 6.45) is 7.42. The average molecular weight is 516 g/mol. The molecule has 3 aromatic carbocycles. The van der Waals surface area contributed by atoms with E-state index in [1.54, 1.807) is 0 Å². The number of aromatic nitrogens is 1. The highest BCUT2D eigenvalue weighted by atomic mass is 16.3. The molecule has 39 heavy (non-hydrogen) atoms. The molecule has 7 rings (SSSR count). The fourth-order valence-corrected chi connectivity index (χ4v) is 8.15. The monoisotopic (exact) mass is 515 g/mol. The Hall–Kier alpha value is -3.39. The molecule has 2 heterocycles. The van der Waals surface area contributed by atoms with Crippen molar-refractivity contribution in [1.29, 1.82) is 0 Å². The lowest BCUT2D eigenvalue weighted by atomic mass is 9.78. The molecular formula is C37H40NO+.